The van der Waals surface area contributed by atoms with Crippen molar-refractivity contribution in [1.82, 2.24) is 5.32 Å². The summed E-state index contributed by atoms with van der Waals surface area (Å²) in [5, 5.41) is 4.15. The molecule has 1 aliphatic rings. The third-order valence-electron chi connectivity index (χ3n) is 3.93. The number of aryl methyl sites for hydroxylation is 1. The Bertz CT molecular complexity index is 687. The Kier molecular flexibility index (Phi) is 4.25. The molecule has 0 saturated carbocycles. The van der Waals surface area contributed by atoms with Gasteiger partial charge in [0, 0.05) is 21.5 Å². The Morgan fingerprint density at radius 1 is 1.24 bits per heavy atom. The van der Waals surface area contributed by atoms with Gasteiger partial charge in [-0.25, -0.2) is 0 Å². The summed E-state index contributed by atoms with van der Waals surface area (Å²) in [6.07, 6.45) is 0.965. The molecule has 0 amide bonds. The quantitative estimate of drug-likeness (QED) is 0.853. The lowest BCUT2D eigenvalue weighted by atomic mass is 9.93. The molecule has 1 N–H and O–H groups in total. The van der Waals surface area contributed by atoms with Crippen molar-refractivity contribution in [3.05, 3.63) is 62.1 Å². The largest absolute Gasteiger partial charge is 0.493 e. The van der Waals surface area contributed by atoms with Crippen molar-refractivity contribution in [3.8, 4) is 5.75 Å². The number of ether oxygens (including phenoxy) is 1. The van der Waals surface area contributed by atoms with E-state index >= 15 is 0 Å². The second-order valence-corrected chi connectivity index (χ2v) is 6.66. The summed E-state index contributed by atoms with van der Waals surface area (Å²) in [5.41, 5.74) is 4.82. The first kappa shape index (κ1) is 14.9. The molecule has 4 heteroatoms. The molecular weight excluding hydrogens is 350 g/mol. The number of halogens is 2. The second kappa shape index (κ2) is 5.99. The highest BCUT2D eigenvalue weighted by molar-refractivity contribution is 9.10. The van der Waals surface area contributed by atoms with Gasteiger partial charge in [0.15, 0.2) is 0 Å². The molecule has 2 aromatic carbocycles. The van der Waals surface area contributed by atoms with E-state index in [2.05, 4.69) is 46.4 Å². The minimum Gasteiger partial charge on any atom is -0.493 e. The van der Waals surface area contributed by atoms with Crippen molar-refractivity contribution >= 4 is 27.5 Å². The van der Waals surface area contributed by atoms with Crippen molar-refractivity contribution in [1.29, 1.82) is 0 Å². The lowest BCUT2D eigenvalue weighted by Crippen LogP contribution is -2.19. The van der Waals surface area contributed by atoms with Gasteiger partial charge in [-0.05, 0) is 54.9 Å². The van der Waals surface area contributed by atoms with Crippen LogP contribution in [0.2, 0.25) is 5.02 Å². The maximum Gasteiger partial charge on any atom is 0.127 e. The van der Waals surface area contributed by atoms with Crippen LogP contribution < -0.4 is 10.1 Å². The molecule has 110 valence electrons. The van der Waals surface area contributed by atoms with Crippen molar-refractivity contribution < 1.29 is 4.74 Å². The minimum absolute atomic E-state index is 0.0630. The molecule has 21 heavy (non-hydrogen) atoms. The third-order valence-corrected chi connectivity index (χ3v) is 4.62. The van der Waals surface area contributed by atoms with Gasteiger partial charge in [0.1, 0.15) is 5.75 Å². The van der Waals surface area contributed by atoms with Crippen LogP contribution >= 0.6 is 27.5 Å². The Balaban J connectivity index is 2.15. The van der Waals surface area contributed by atoms with Crippen molar-refractivity contribution in [2.24, 2.45) is 0 Å². The maximum absolute atomic E-state index is 6.19. The van der Waals surface area contributed by atoms with Crippen LogP contribution in [0.3, 0.4) is 0 Å². The molecule has 0 fully saturated rings. The second-order valence-electron chi connectivity index (χ2n) is 5.30. The predicted molar refractivity (Wildman–Crippen MR) is 90.4 cm³/mol. The van der Waals surface area contributed by atoms with Crippen molar-refractivity contribution in [2.45, 2.75) is 19.4 Å². The van der Waals surface area contributed by atoms with E-state index in [9.17, 15) is 0 Å². The van der Waals surface area contributed by atoms with Crippen molar-refractivity contribution in [2.75, 3.05) is 13.7 Å². The van der Waals surface area contributed by atoms with E-state index in [0.717, 1.165) is 33.8 Å². The van der Waals surface area contributed by atoms with Gasteiger partial charge >= 0.3 is 0 Å². The molecular formula is C17H17BrClNO. The average Bonchev–Trinajstić information content (AvgIpc) is 2.91. The first-order valence-electron chi connectivity index (χ1n) is 6.98. The molecule has 2 aromatic rings. The highest BCUT2D eigenvalue weighted by Gasteiger charge is 2.24. The molecule has 1 unspecified atom stereocenters. The SMILES string of the molecule is CNC(c1cc(Cl)ccc1C)c1cc(Br)cc2c1OCC2. The molecule has 0 aromatic heterocycles. The summed E-state index contributed by atoms with van der Waals surface area (Å²) in [6, 6.07) is 10.3. The van der Waals surface area contributed by atoms with Gasteiger partial charge in [0.05, 0.1) is 12.6 Å². The molecule has 0 bridgehead atoms. The summed E-state index contributed by atoms with van der Waals surface area (Å²) >= 11 is 9.79. The van der Waals surface area contributed by atoms with E-state index in [4.69, 9.17) is 16.3 Å². The molecule has 0 radical (unpaired) electrons. The van der Waals surface area contributed by atoms with Crippen LogP contribution in [0.15, 0.2) is 34.8 Å². The lowest BCUT2D eigenvalue weighted by Gasteiger charge is -2.22. The summed E-state index contributed by atoms with van der Waals surface area (Å²) < 4.78 is 6.95. The van der Waals surface area contributed by atoms with Crippen LogP contribution in [0, 0.1) is 6.92 Å². The smallest absolute Gasteiger partial charge is 0.127 e. The number of fused-ring (bicyclic) bond motifs is 1. The van der Waals surface area contributed by atoms with Gasteiger partial charge in [-0.1, -0.05) is 33.6 Å². The molecule has 1 aliphatic heterocycles. The number of hydrogen-bond acceptors (Lipinski definition) is 2. The van der Waals surface area contributed by atoms with Gasteiger partial charge in [0.25, 0.3) is 0 Å². The zero-order valence-electron chi connectivity index (χ0n) is 12.0. The molecule has 2 nitrogen and oxygen atoms in total. The third kappa shape index (κ3) is 2.83. The lowest BCUT2D eigenvalue weighted by molar-refractivity contribution is 0.351. The van der Waals surface area contributed by atoms with E-state index in [1.807, 2.05) is 19.2 Å². The van der Waals surface area contributed by atoms with Crippen LogP contribution in [0.5, 0.6) is 5.75 Å². The Morgan fingerprint density at radius 2 is 2.05 bits per heavy atom. The van der Waals surface area contributed by atoms with E-state index < -0.39 is 0 Å². The monoisotopic (exact) mass is 365 g/mol. The zero-order valence-corrected chi connectivity index (χ0v) is 14.4. The van der Waals surface area contributed by atoms with Crippen LogP contribution in [-0.4, -0.2) is 13.7 Å². The molecule has 1 atom stereocenters. The van der Waals surface area contributed by atoms with E-state index in [-0.39, 0.29) is 6.04 Å². The number of hydrogen-bond donors (Lipinski definition) is 1. The standard InChI is InChI=1S/C17H17BrClNO/c1-10-3-4-13(19)9-14(10)16(20-2)15-8-12(18)7-11-5-6-21-17(11)15/h3-4,7-9,16,20H,5-6H2,1-2H3. The molecule has 1 heterocycles. The van der Waals surface area contributed by atoms with E-state index in [0.29, 0.717) is 0 Å². The Labute approximate surface area is 138 Å². The van der Waals surface area contributed by atoms with Gasteiger partial charge in [0.2, 0.25) is 0 Å². The number of rotatable bonds is 3. The van der Waals surface area contributed by atoms with E-state index in [1.165, 1.54) is 16.7 Å². The normalized spacial score (nSPS) is 14.7. The first-order valence-corrected chi connectivity index (χ1v) is 8.15. The van der Waals surface area contributed by atoms with Gasteiger partial charge in [-0.2, -0.15) is 0 Å². The fourth-order valence-corrected chi connectivity index (χ4v) is 3.62. The minimum atomic E-state index is 0.0630. The predicted octanol–water partition coefficient (Wildman–Crippen LogP) is 4.65. The summed E-state index contributed by atoms with van der Waals surface area (Å²) in [4.78, 5) is 0. The number of benzene rings is 2. The highest BCUT2D eigenvalue weighted by atomic mass is 79.9. The van der Waals surface area contributed by atoms with Crippen LogP contribution in [0.4, 0.5) is 0 Å². The van der Waals surface area contributed by atoms with Gasteiger partial charge < -0.3 is 10.1 Å². The summed E-state index contributed by atoms with van der Waals surface area (Å²) in [5.74, 6) is 1.01. The molecule has 0 spiro atoms. The first-order chi connectivity index (χ1) is 10.1. The fourth-order valence-electron chi connectivity index (χ4n) is 2.91. The number of nitrogens with one attached hydrogen (secondary N) is 1. The average molecular weight is 367 g/mol. The molecule has 3 rings (SSSR count). The van der Waals surface area contributed by atoms with Gasteiger partial charge in [-0.15, -0.1) is 0 Å². The highest BCUT2D eigenvalue weighted by Crippen LogP contribution is 2.39. The topological polar surface area (TPSA) is 21.3 Å². The maximum atomic E-state index is 6.19. The van der Waals surface area contributed by atoms with E-state index in [1.54, 1.807) is 0 Å². The van der Waals surface area contributed by atoms with Crippen molar-refractivity contribution in [3.63, 3.8) is 0 Å². The fraction of sp³-hybridized carbons (Fsp3) is 0.294. The molecule has 0 aliphatic carbocycles. The zero-order chi connectivity index (χ0) is 15.0. The van der Waals surface area contributed by atoms with Gasteiger partial charge in [-0.3, -0.25) is 0 Å². The van der Waals surface area contributed by atoms with Crippen LogP contribution in [0.1, 0.15) is 28.3 Å². The van der Waals surface area contributed by atoms with Crippen LogP contribution in [-0.2, 0) is 6.42 Å². The Hall–Kier alpha value is -1.03. The summed E-state index contributed by atoms with van der Waals surface area (Å²) in [6.45, 7) is 2.86. The Morgan fingerprint density at radius 3 is 2.81 bits per heavy atom. The molecule has 0 saturated heterocycles. The van der Waals surface area contributed by atoms with Crippen LogP contribution in [0.25, 0.3) is 0 Å². The summed E-state index contributed by atoms with van der Waals surface area (Å²) in [7, 11) is 1.97.